The fourth-order valence-electron chi connectivity index (χ4n) is 3.71. The highest BCUT2D eigenvalue weighted by Gasteiger charge is 2.21. The molecule has 0 fully saturated rings. The van der Waals surface area contributed by atoms with Gasteiger partial charge in [-0.1, -0.05) is 12.1 Å². The van der Waals surface area contributed by atoms with Crippen molar-refractivity contribution in [2.45, 2.75) is 13.0 Å². The van der Waals surface area contributed by atoms with Crippen LogP contribution in [0.3, 0.4) is 0 Å². The Labute approximate surface area is 188 Å². The van der Waals surface area contributed by atoms with Crippen molar-refractivity contribution in [3.05, 3.63) is 84.5 Å². The molecule has 5 aromatic rings. The first-order valence-corrected chi connectivity index (χ1v) is 10.3. The zero-order valence-corrected chi connectivity index (χ0v) is 17.7. The number of anilines is 1. The summed E-state index contributed by atoms with van der Waals surface area (Å²) in [5, 5.41) is 8.16. The van der Waals surface area contributed by atoms with Crippen molar-refractivity contribution in [3.8, 4) is 17.1 Å². The van der Waals surface area contributed by atoms with Crippen LogP contribution in [0.4, 0.5) is 10.1 Å². The lowest BCUT2D eigenvalue weighted by Crippen LogP contribution is -2.13. The van der Waals surface area contributed by atoms with Gasteiger partial charge in [0.25, 0.3) is 5.91 Å². The van der Waals surface area contributed by atoms with E-state index in [1.807, 2.05) is 24.4 Å². The third-order valence-electron chi connectivity index (χ3n) is 5.38. The molecule has 1 amide bonds. The van der Waals surface area contributed by atoms with E-state index in [0.29, 0.717) is 12.2 Å². The molecule has 0 aliphatic carbocycles. The van der Waals surface area contributed by atoms with Crippen LogP contribution in [0.1, 0.15) is 16.1 Å². The second-order valence-corrected chi connectivity index (χ2v) is 7.43. The zero-order valence-electron chi connectivity index (χ0n) is 17.7. The zero-order chi connectivity index (χ0) is 22.8. The van der Waals surface area contributed by atoms with E-state index in [2.05, 4.69) is 20.4 Å². The molecule has 0 aliphatic heterocycles. The molecule has 0 spiro atoms. The molecule has 9 heteroatoms. The number of aromatic amines is 1. The second kappa shape index (κ2) is 8.62. The van der Waals surface area contributed by atoms with Crippen molar-refractivity contribution in [3.63, 3.8) is 0 Å². The number of hydrogen-bond donors (Lipinski definition) is 2. The summed E-state index contributed by atoms with van der Waals surface area (Å²) in [5.41, 5.74) is 2.86. The number of nitrogens with zero attached hydrogens (tertiary/aromatic N) is 3. The van der Waals surface area contributed by atoms with Crippen molar-refractivity contribution in [2.75, 3.05) is 12.4 Å². The summed E-state index contributed by atoms with van der Waals surface area (Å²) >= 11 is 0. The molecule has 33 heavy (non-hydrogen) atoms. The number of carbonyl (C=O) groups is 1. The molecule has 0 aliphatic rings. The number of ether oxygens (including phenoxy) is 1. The van der Waals surface area contributed by atoms with Gasteiger partial charge in [0.05, 0.1) is 24.6 Å². The third-order valence-corrected chi connectivity index (χ3v) is 5.38. The van der Waals surface area contributed by atoms with Crippen LogP contribution in [0.5, 0.6) is 5.75 Å². The van der Waals surface area contributed by atoms with E-state index in [9.17, 15) is 9.18 Å². The van der Waals surface area contributed by atoms with E-state index in [0.717, 1.165) is 35.0 Å². The van der Waals surface area contributed by atoms with Crippen molar-refractivity contribution in [1.82, 2.24) is 19.7 Å². The quantitative estimate of drug-likeness (QED) is 0.380. The van der Waals surface area contributed by atoms with Crippen molar-refractivity contribution in [2.24, 2.45) is 0 Å². The highest BCUT2D eigenvalue weighted by atomic mass is 19.1. The van der Waals surface area contributed by atoms with Gasteiger partial charge in [-0.05, 0) is 42.3 Å². The highest BCUT2D eigenvalue weighted by molar-refractivity contribution is 6.06. The Kier molecular flexibility index (Phi) is 5.35. The van der Waals surface area contributed by atoms with Gasteiger partial charge in [-0.15, -0.1) is 0 Å². The van der Waals surface area contributed by atoms with Crippen LogP contribution in [0.2, 0.25) is 0 Å². The first-order chi connectivity index (χ1) is 16.1. The summed E-state index contributed by atoms with van der Waals surface area (Å²) in [7, 11) is 1.64. The maximum atomic E-state index is 14.1. The SMILES string of the molecule is COc1ccc2[nH]cc(CCn3cc(NC(=O)c4ncoc4-c4ccccc4F)cn3)c2c1. The molecule has 0 saturated carbocycles. The summed E-state index contributed by atoms with van der Waals surface area (Å²) in [6.07, 6.45) is 7.12. The molecule has 0 unspecified atom stereocenters. The predicted octanol–water partition coefficient (Wildman–Crippen LogP) is 4.66. The summed E-state index contributed by atoms with van der Waals surface area (Å²) < 4.78 is 26.5. The topological polar surface area (TPSA) is 98.0 Å². The largest absolute Gasteiger partial charge is 0.497 e. The van der Waals surface area contributed by atoms with E-state index >= 15 is 0 Å². The van der Waals surface area contributed by atoms with Crippen LogP contribution in [0.15, 0.2) is 71.9 Å². The standard InChI is InChI=1S/C24H20FN5O3/c1-32-17-6-7-21-19(10-17)15(11-26-21)8-9-30-13-16(12-28-30)29-24(31)22-23(33-14-27-22)18-4-2-3-5-20(18)25/h2-7,10-14,26H,8-9H2,1H3,(H,29,31). The Balaban J connectivity index is 1.27. The number of H-pyrrole nitrogens is 1. The van der Waals surface area contributed by atoms with E-state index in [1.54, 1.807) is 36.3 Å². The number of oxazole rings is 1. The molecular weight excluding hydrogens is 425 g/mol. The number of nitrogens with one attached hydrogen (secondary N) is 2. The van der Waals surface area contributed by atoms with Gasteiger partial charge in [-0.2, -0.15) is 5.10 Å². The minimum Gasteiger partial charge on any atom is -0.497 e. The number of aryl methyl sites for hydroxylation is 2. The molecule has 0 bridgehead atoms. The molecule has 8 nitrogen and oxygen atoms in total. The van der Waals surface area contributed by atoms with Crippen LogP contribution in [-0.2, 0) is 13.0 Å². The number of rotatable bonds is 7. The van der Waals surface area contributed by atoms with Crippen molar-refractivity contribution >= 4 is 22.5 Å². The first kappa shape index (κ1) is 20.5. The number of aromatic nitrogens is 4. The molecule has 166 valence electrons. The second-order valence-electron chi connectivity index (χ2n) is 7.43. The Morgan fingerprint density at radius 2 is 2.15 bits per heavy atom. The molecule has 0 saturated heterocycles. The number of fused-ring (bicyclic) bond motifs is 1. The number of methoxy groups -OCH3 is 1. The Bertz CT molecular complexity index is 1430. The summed E-state index contributed by atoms with van der Waals surface area (Å²) in [6.45, 7) is 0.616. The fraction of sp³-hybridized carbons (Fsp3) is 0.125. The van der Waals surface area contributed by atoms with E-state index < -0.39 is 11.7 Å². The van der Waals surface area contributed by atoms with Crippen LogP contribution in [0, 0.1) is 5.82 Å². The van der Waals surface area contributed by atoms with E-state index in [-0.39, 0.29) is 17.0 Å². The summed E-state index contributed by atoms with van der Waals surface area (Å²) in [6, 6.07) is 12.0. The third kappa shape index (κ3) is 4.08. The lowest BCUT2D eigenvalue weighted by Gasteiger charge is -2.04. The maximum absolute atomic E-state index is 14.1. The molecule has 0 radical (unpaired) electrons. The molecule has 2 N–H and O–H groups in total. The molecule has 2 aromatic carbocycles. The monoisotopic (exact) mass is 445 g/mol. The van der Waals surface area contributed by atoms with Gasteiger partial charge in [-0.3, -0.25) is 9.48 Å². The number of hydrogen-bond acceptors (Lipinski definition) is 5. The smallest absolute Gasteiger partial charge is 0.278 e. The molecule has 3 aromatic heterocycles. The van der Waals surface area contributed by atoms with E-state index in [1.165, 1.54) is 12.1 Å². The average molecular weight is 445 g/mol. The highest BCUT2D eigenvalue weighted by Crippen LogP contribution is 2.27. The normalized spacial score (nSPS) is 11.1. The minimum absolute atomic E-state index is 0.000546. The molecular formula is C24H20FN5O3. The number of amides is 1. The molecule has 5 rings (SSSR count). The van der Waals surface area contributed by atoms with Crippen molar-refractivity contribution < 1.29 is 18.3 Å². The first-order valence-electron chi connectivity index (χ1n) is 10.3. The number of benzene rings is 2. The van der Waals surface area contributed by atoms with Gasteiger partial charge >= 0.3 is 0 Å². The Morgan fingerprint density at radius 1 is 1.27 bits per heavy atom. The van der Waals surface area contributed by atoms with Crippen LogP contribution >= 0.6 is 0 Å². The van der Waals surface area contributed by atoms with Crippen molar-refractivity contribution in [1.29, 1.82) is 0 Å². The van der Waals surface area contributed by atoms with E-state index in [4.69, 9.17) is 9.15 Å². The van der Waals surface area contributed by atoms with Gasteiger partial charge in [0.2, 0.25) is 0 Å². The summed E-state index contributed by atoms with van der Waals surface area (Å²) in [5.74, 6) is -0.126. The van der Waals surface area contributed by atoms with Gasteiger partial charge < -0.3 is 19.5 Å². The summed E-state index contributed by atoms with van der Waals surface area (Å²) in [4.78, 5) is 20.0. The lowest BCUT2D eigenvalue weighted by molar-refractivity contribution is 0.102. The minimum atomic E-state index is -0.509. The molecule has 0 atom stereocenters. The van der Waals surface area contributed by atoms with Gasteiger partial charge in [0.15, 0.2) is 17.8 Å². The number of halogens is 1. The Hall–Kier alpha value is -4.40. The van der Waals surface area contributed by atoms with Crippen LogP contribution in [0.25, 0.3) is 22.2 Å². The molecule has 3 heterocycles. The average Bonchev–Trinajstić information content (AvgIpc) is 3.57. The van der Waals surface area contributed by atoms with Crippen LogP contribution < -0.4 is 10.1 Å². The predicted molar refractivity (Wildman–Crippen MR) is 121 cm³/mol. The van der Waals surface area contributed by atoms with Gasteiger partial charge in [0, 0.05) is 29.8 Å². The fourth-order valence-corrected chi connectivity index (χ4v) is 3.71. The maximum Gasteiger partial charge on any atom is 0.278 e. The van der Waals surface area contributed by atoms with Gasteiger partial charge in [0.1, 0.15) is 11.6 Å². The van der Waals surface area contributed by atoms with Crippen LogP contribution in [-0.4, -0.2) is 32.8 Å². The van der Waals surface area contributed by atoms with Gasteiger partial charge in [-0.25, -0.2) is 9.37 Å². The Morgan fingerprint density at radius 3 is 3.00 bits per heavy atom. The number of carbonyl (C=O) groups excluding carboxylic acids is 1. The lowest BCUT2D eigenvalue weighted by atomic mass is 10.1.